The van der Waals surface area contributed by atoms with Crippen LogP contribution in [0.5, 0.6) is 5.75 Å². The highest BCUT2D eigenvalue weighted by Crippen LogP contribution is 2.60. The fourth-order valence-corrected chi connectivity index (χ4v) is 1.95. The van der Waals surface area contributed by atoms with Crippen molar-refractivity contribution < 1.29 is 4.74 Å². The molecular formula is C12H16O. The number of hydrogen-bond acceptors (Lipinski definition) is 1. The fraction of sp³-hybridized carbons (Fsp3) is 0.500. The Bertz CT molecular complexity index is 315. The van der Waals surface area contributed by atoms with E-state index in [1.807, 2.05) is 12.1 Å². The third kappa shape index (κ3) is 1.43. The predicted molar refractivity (Wildman–Crippen MR) is 54.1 cm³/mol. The van der Waals surface area contributed by atoms with Gasteiger partial charge in [-0.05, 0) is 29.4 Å². The Labute approximate surface area is 79.7 Å². The van der Waals surface area contributed by atoms with Gasteiger partial charge < -0.3 is 4.74 Å². The molecule has 1 aliphatic rings. The van der Waals surface area contributed by atoms with Gasteiger partial charge >= 0.3 is 0 Å². The zero-order valence-electron chi connectivity index (χ0n) is 8.50. The monoisotopic (exact) mass is 176 g/mol. The zero-order chi connectivity index (χ0) is 9.47. The van der Waals surface area contributed by atoms with Crippen molar-refractivity contribution in [1.82, 2.24) is 0 Å². The molecule has 0 aromatic heterocycles. The van der Waals surface area contributed by atoms with Crippen LogP contribution in [0.3, 0.4) is 0 Å². The van der Waals surface area contributed by atoms with Crippen LogP contribution in [-0.4, -0.2) is 7.11 Å². The first-order valence-corrected chi connectivity index (χ1v) is 4.78. The van der Waals surface area contributed by atoms with Crippen molar-refractivity contribution in [3.8, 4) is 5.75 Å². The number of benzene rings is 1. The van der Waals surface area contributed by atoms with Gasteiger partial charge in [0.2, 0.25) is 0 Å². The first-order chi connectivity index (χ1) is 6.15. The van der Waals surface area contributed by atoms with E-state index >= 15 is 0 Å². The van der Waals surface area contributed by atoms with Crippen LogP contribution in [0.4, 0.5) is 0 Å². The first kappa shape index (κ1) is 8.61. The second-order valence-corrected chi connectivity index (χ2v) is 4.49. The van der Waals surface area contributed by atoms with Crippen LogP contribution in [0, 0.1) is 5.41 Å². The molecular weight excluding hydrogens is 160 g/mol. The summed E-state index contributed by atoms with van der Waals surface area (Å²) in [6.07, 6.45) is 1.29. The maximum Gasteiger partial charge on any atom is 0.122 e. The second kappa shape index (κ2) is 2.76. The van der Waals surface area contributed by atoms with Crippen LogP contribution < -0.4 is 4.74 Å². The highest BCUT2D eigenvalue weighted by molar-refractivity contribution is 5.40. The number of ether oxygens (including phenoxy) is 1. The second-order valence-electron chi connectivity index (χ2n) is 4.49. The van der Waals surface area contributed by atoms with E-state index in [0.29, 0.717) is 11.3 Å². The molecule has 1 aliphatic carbocycles. The molecule has 0 radical (unpaired) electrons. The smallest absolute Gasteiger partial charge is 0.122 e. The van der Waals surface area contributed by atoms with Gasteiger partial charge in [-0.3, -0.25) is 0 Å². The normalized spacial score (nSPS) is 24.1. The van der Waals surface area contributed by atoms with Crippen molar-refractivity contribution in [3.05, 3.63) is 29.8 Å². The van der Waals surface area contributed by atoms with Gasteiger partial charge in [0.1, 0.15) is 5.75 Å². The Morgan fingerprint density at radius 1 is 1.31 bits per heavy atom. The Hall–Kier alpha value is -0.980. The standard InChI is InChI=1S/C12H16O/c1-12(2)8-10(12)9-6-4-5-7-11(9)13-3/h4-7,10H,8H2,1-3H3. The molecule has 0 amide bonds. The minimum atomic E-state index is 0.481. The number of methoxy groups -OCH3 is 1. The lowest BCUT2D eigenvalue weighted by Crippen LogP contribution is -1.93. The van der Waals surface area contributed by atoms with E-state index in [0.717, 1.165) is 5.75 Å². The van der Waals surface area contributed by atoms with Gasteiger partial charge in [0, 0.05) is 0 Å². The molecule has 13 heavy (non-hydrogen) atoms. The minimum Gasteiger partial charge on any atom is -0.496 e. The highest BCUT2D eigenvalue weighted by Gasteiger charge is 2.47. The Kier molecular flexibility index (Phi) is 1.83. The van der Waals surface area contributed by atoms with E-state index < -0.39 is 0 Å². The molecule has 1 atom stereocenters. The highest BCUT2D eigenvalue weighted by atomic mass is 16.5. The Balaban J connectivity index is 2.31. The maximum atomic E-state index is 5.34. The molecule has 1 saturated carbocycles. The average molecular weight is 176 g/mol. The average Bonchev–Trinajstić information content (AvgIpc) is 2.75. The summed E-state index contributed by atoms with van der Waals surface area (Å²) in [5, 5.41) is 0. The third-order valence-corrected chi connectivity index (χ3v) is 3.03. The quantitative estimate of drug-likeness (QED) is 0.672. The van der Waals surface area contributed by atoms with E-state index in [1.54, 1.807) is 7.11 Å². The summed E-state index contributed by atoms with van der Waals surface area (Å²) in [6.45, 7) is 4.62. The van der Waals surface area contributed by atoms with E-state index in [4.69, 9.17) is 4.74 Å². The molecule has 1 aromatic rings. The van der Waals surface area contributed by atoms with E-state index in [9.17, 15) is 0 Å². The largest absolute Gasteiger partial charge is 0.496 e. The first-order valence-electron chi connectivity index (χ1n) is 4.78. The molecule has 1 nitrogen and oxygen atoms in total. The van der Waals surface area contributed by atoms with Crippen molar-refractivity contribution >= 4 is 0 Å². The third-order valence-electron chi connectivity index (χ3n) is 3.03. The molecule has 1 fully saturated rings. The van der Waals surface area contributed by atoms with Crippen molar-refractivity contribution in [2.45, 2.75) is 26.2 Å². The summed E-state index contributed by atoms with van der Waals surface area (Å²) in [7, 11) is 1.74. The molecule has 0 saturated heterocycles. The van der Waals surface area contributed by atoms with Crippen molar-refractivity contribution in [3.63, 3.8) is 0 Å². The lowest BCUT2D eigenvalue weighted by atomic mass is 10.0. The van der Waals surface area contributed by atoms with Gasteiger partial charge in [-0.15, -0.1) is 0 Å². The molecule has 0 spiro atoms. The lowest BCUT2D eigenvalue weighted by Gasteiger charge is -2.08. The minimum absolute atomic E-state index is 0.481. The lowest BCUT2D eigenvalue weighted by molar-refractivity contribution is 0.407. The van der Waals surface area contributed by atoms with Crippen LogP contribution in [-0.2, 0) is 0 Å². The maximum absolute atomic E-state index is 5.34. The number of para-hydroxylation sites is 1. The van der Waals surface area contributed by atoms with Crippen LogP contribution in [0.15, 0.2) is 24.3 Å². The summed E-state index contributed by atoms with van der Waals surface area (Å²) >= 11 is 0. The van der Waals surface area contributed by atoms with Crippen LogP contribution >= 0.6 is 0 Å². The topological polar surface area (TPSA) is 9.23 Å². The summed E-state index contributed by atoms with van der Waals surface area (Å²) in [4.78, 5) is 0. The molecule has 70 valence electrons. The van der Waals surface area contributed by atoms with Gasteiger partial charge in [0.25, 0.3) is 0 Å². The number of hydrogen-bond donors (Lipinski definition) is 0. The van der Waals surface area contributed by atoms with Crippen molar-refractivity contribution in [2.24, 2.45) is 5.41 Å². The van der Waals surface area contributed by atoms with Gasteiger partial charge in [-0.1, -0.05) is 32.0 Å². The SMILES string of the molecule is COc1ccccc1C1CC1(C)C. The summed E-state index contributed by atoms with van der Waals surface area (Å²) < 4.78 is 5.34. The Morgan fingerprint density at radius 3 is 2.46 bits per heavy atom. The van der Waals surface area contributed by atoms with Gasteiger partial charge in [-0.2, -0.15) is 0 Å². The summed E-state index contributed by atoms with van der Waals surface area (Å²) in [6, 6.07) is 8.34. The van der Waals surface area contributed by atoms with Crippen LogP contribution in [0.1, 0.15) is 31.7 Å². The van der Waals surface area contributed by atoms with E-state index in [1.165, 1.54) is 12.0 Å². The molecule has 2 rings (SSSR count). The molecule has 0 N–H and O–H groups in total. The fourth-order valence-electron chi connectivity index (χ4n) is 1.95. The van der Waals surface area contributed by atoms with Gasteiger partial charge in [0.05, 0.1) is 7.11 Å². The van der Waals surface area contributed by atoms with Gasteiger partial charge in [0.15, 0.2) is 0 Å². The molecule has 0 aliphatic heterocycles. The van der Waals surface area contributed by atoms with E-state index in [2.05, 4.69) is 26.0 Å². The van der Waals surface area contributed by atoms with Crippen molar-refractivity contribution in [2.75, 3.05) is 7.11 Å². The molecule has 1 heteroatoms. The molecule has 1 unspecified atom stereocenters. The molecule has 0 heterocycles. The predicted octanol–water partition coefficient (Wildman–Crippen LogP) is 3.21. The Morgan fingerprint density at radius 2 is 1.92 bits per heavy atom. The van der Waals surface area contributed by atoms with Crippen LogP contribution in [0.25, 0.3) is 0 Å². The summed E-state index contributed by atoms with van der Waals surface area (Å²) in [5.41, 5.74) is 1.85. The van der Waals surface area contributed by atoms with Crippen LogP contribution in [0.2, 0.25) is 0 Å². The van der Waals surface area contributed by atoms with Crippen molar-refractivity contribution in [1.29, 1.82) is 0 Å². The molecule has 1 aromatic carbocycles. The van der Waals surface area contributed by atoms with Gasteiger partial charge in [-0.25, -0.2) is 0 Å². The number of rotatable bonds is 2. The van der Waals surface area contributed by atoms with E-state index in [-0.39, 0.29) is 0 Å². The zero-order valence-corrected chi connectivity index (χ0v) is 8.50. The molecule has 0 bridgehead atoms. The summed E-state index contributed by atoms with van der Waals surface area (Å²) in [5.74, 6) is 1.74.